The third-order valence-electron chi connectivity index (χ3n) is 3.03. The number of aryl methyl sites for hydroxylation is 1. The summed E-state index contributed by atoms with van der Waals surface area (Å²) in [7, 11) is 0. The van der Waals surface area contributed by atoms with Crippen LogP contribution in [0.3, 0.4) is 0 Å². The Bertz CT molecular complexity index is 599. The van der Waals surface area contributed by atoms with Crippen LogP contribution >= 0.6 is 11.6 Å². The minimum absolute atomic E-state index is 0.00543. The minimum atomic E-state index is -0.922. The van der Waals surface area contributed by atoms with Crippen LogP contribution in [0.4, 0.5) is 8.78 Å². The van der Waals surface area contributed by atoms with Gasteiger partial charge in [-0.15, -0.1) is 0 Å². The van der Waals surface area contributed by atoms with Gasteiger partial charge in [0, 0.05) is 6.42 Å². The van der Waals surface area contributed by atoms with Gasteiger partial charge in [-0.05, 0) is 35.7 Å². The van der Waals surface area contributed by atoms with Crippen molar-refractivity contribution in [3.63, 3.8) is 0 Å². The number of halogens is 3. The van der Waals surface area contributed by atoms with Crippen molar-refractivity contribution >= 4 is 11.6 Å². The molecule has 0 saturated carbocycles. The Labute approximate surface area is 115 Å². The number of aliphatic hydroxyl groups is 1. The summed E-state index contributed by atoms with van der Waals surface area (Å²) in [6.45, 7) is 1.65. The SMILES string of the molecule is Cc1ccc(C(O)Cc2cccc(F)c2Cl)cc1F. The van der Waals surface area contributed by atoms with Gasteiger partial charge < -0.3 is 5.11 Å². The monoisotopic (exact) mass is 282 g/mol. The first-order valence-electron chi connectivity index (χ1n) is 5.86. The first-order chi connectivity index (χ1) is 8.99. The van der Waals surface area contributed by atoms with Crippen LogP contribution in [-0.4, -0.2) is 5.11 Å². The summed E-state index contributed by atoms with van der Waals surface area (Å²) in [5.74, 6) is -0.900. The summed E-state index contributed by atoms with van der Waals surface area (Å²) in [5, 5.41) is 10.1. The number of hydrogen-bond donors (Lipinski definition) is 1. The van der Waals surface area contributed by atoms with Crippen LogP contribution in [-0.2, 0) is 6.42 Å². The normalized spacial score (nSPS) is 12.5. The van der Waals surface area contributed by atoms with Crippen molar-refractivity contribution in [2.24, 2.45) is 0 Å². The third kappa shape index (κ3) is 3.11. The summed E-state index contributed by atoms with van der Waals surface area (Å²) in [5.41, 5.74) is 1.46. The fourth-order valence-electron chi connectivity index (χ4n) is 1.85. The second kappa shape index (κ2) is 5.68. The van der Waals surface area contributed by atoms with Gasteiger partial charge in [0.15, 0.2) is 0 Å². The van der Waals surface area contributed by atoms with Gasteiger partial charge in [-0.25, -0.2) is 8.78 Å². The standard InChI is InChI=1S/C15H13ClF2O/c1-9-5-6-10(7-13(9)18)14(19)8-11-3-2-4-12(17)15(11)16/h2-7,14,19H,8H2,1H3. The average molecular weight is 283 g/mol. The van der Waals surface area contributed by atoms with Gasteiger partial charge in [-0.2, -0.15) is 0 Å². The maximum atomic E-state index is 13.4. The van der Waals surface area contributed by atoms with Crippen LogP contribution in [0.25, 0.3) is 0 Å². The molecule has 0 radical (unpaired) electrons. The smallest absolute Gasteiger partial charge is 0.142 e. The highest BCUT2D eigenvalue weighted by Crippen LogP contribution is 2.26. The maximum absolute atomic E-state index is 13.4. The molecule has 0 fully saturated rings. The first kappa shape index (κ1) is 14.0. The molecular weight excluding hydrogens is 270 g/mol. The lowest BCUT2D eigenvalue weighted by Crippen LogP contribution is -2.04. The fourth-order valence-corrected chi connectivity index (χ4v) is 2.05. The lowest BCUT2D eigenvalue weighted by atomic mass is 10.00. The topological polar surface area (TPSA) is 20.2 Å². The molecule has 0 spiro atoms. The van der Waals surface area contributed by atoms with Crippen LogP contribution in [0.15, 0.2) is 36.4 Å². The van der Waals surface area contributed by atoms with E-state index in [2.05, 4.69) is 0 Å². The molecule has 0 aromatic heterocycles. The Hall–Kier alpha value is -1.45. The summed E-state index contributed by atoms with van der Waals surface area (Å²) >= 11 is 5.82. The second-order valence-corrected chi connectivity index (χ2v) is 4.82. The van der Waals surface area contributed by atoms with Gasteiger partial charge in [-0.3, -0.25) is 0 Å². The van der Waals surface area contributed by atoms with Gasteiger partial charge in [0.25, 0.3) is 0 Å². The highest BCUT2D eigenvalue weighted by Gasteiger charge is 2.14. The Balaban J connectivity index is 2.23. The largest absolute Gasteiger partial charge is 0.388 e. The molecule has 1 nitrogen and oxygen atoms in total. The Morgan fingerprint density at radius 1 is 1.16 bits per heavy atom. The van der Waals surface area contributed by atoms with E-state index in [1.54, 1.807) is 25.1 Å². The van der Waals surface area contributed by atoms with E-state index >= 15 is 0 Å². The summed E-state index contributed by atoms with van der Waals surface area (Å²) in [6.07, 6.45) is -0.784. The zero-order valence-electron chi connectivity index (χ0n) is 10.3. The zero-order valence-corrected chi connectivity index (χ0v) is 11.1. The minimum Gasteiger partial charge on any atom is -0.388 e. The molecule has 0 aliphatic rings. The van der Waals surface area contributed by atoms with Crippen molar-refractivity contribution in [1.29, 1.82) is 0 Å². The van der Waals surface area contributed by atoms with Gasteiger partial charge >= 0.3 is 0 Å². The molecular formula is C15H13ClF2O. The zero-order chi connectivity index (χ0) is 14.0. The molecule has 2 rings (SSSR count). The van der Waals surface area contributed by atoms with Gasteiger partial charge in [0.05, 0.1) is 11.1 Å². The number of hydrogen-bond acceptors (Lipinski definition) is 1. The fraction of sp³-hybridized carbons (Fsp3) is 0.200. The number of benzene rings is 2. The van der Waals surface area contributed by atoms with E-state index in [4.69, 9.17) is 11.6 Å². The molecule has 2 aromatic carbocycles. The van der Waals surface area contributed by atoms with Crippen molar-refractivity contribution in [3.8, 4) is 0 Å². The van der Waals surface area contributed by atoms with E-state index < -0.39 is 11.9 Å². The predicted octanol–water partition coefficient (Wildman–Crippen LogP) is 4.20. The van der Waals surface area contributed by atoms with Crippen molar-refractivity contribution < 1.29 is 13.9 Å². The lowest BCUT2D eigenvalue weighted by molar-refractivity contribution is 0.178. The summed E-state index contributed by atoms with van der Waals surface area (Å²) in [6, 6.07) is 8.95. The molecule has 0 saturated heterocycles. The number of aliphatic hydroxyl groups excluding tert-OH is 1. The third-order valence-corrected chi connectivity index (χ3v) is 3.45. The van der Waals surface area contributed by atoms with E-state index in [9.17, 15) is 13.9 Å². The molecule has 19 heavy (non-hydrogen) atoms. The lowest BCUT2D eigenvalue weighted by Gasteiger charge is -2.13. The van der Waals surface area contributed by atoms with E-state index in [0.717, 1.165) is 0 Å². The van der Waals surface area contributed by atoms with Crippen LogP contribution in [0.5, 0.6) is 0 Å². The van der Waals surface area contributed by atoms with Crippen LogP contribution in [0.2, 0.25) is 5.02 Å². The van der Waals surface area contributed by atoms with Crippen LogP contribution in [0.1, 0.15) is 22.8 Å². The van der Waals surface area contributed by atoms with Crippen molar-refractivity contribution in [3.05, 3.63) is 69.7 Å². The molecule has 0 amide bonds. The predicted molar refractivity (Wildman–Crippen MR) is 71.2 cm³/mol. The molecule has 0 aliphatic heterocycles. The summed E-state index contributed by atoms with van der Waals surface area (Å²) < 4.78 is 26.7. The molecule has 0 heterocycles. The van der Waals surface area contributed by atoms with Crippen molar-refractivity contribution in [2.45, 2.75) is 19.4 Å². The quantitative estimate of drug-likeness (QED) is 0.894. The molecule has 2 aromatic rings. The first-order valence-corrected chi connectivity index (χ1v) is 6.24. The van der Waals surface area contributed by atoms with Crippen LogP contribution < -0.4 is 0 Å². The van der Waals surface area contributed by atoms with Gasteiger partial charge in [0.1, 0.15) is 11.6 Å². The Kier molecular flexibility index (Phi) is 4.17. The molecule has 100 valence electrons. The second-order valence-electron chi connectivity index (χ2n) is 4.44. The Morgan fingerprint density at radius 2 is 1.89 bits per heavy atom. The van der Waals surface area contributed by atoms with E-state index in [0.29, 0.717) is 16.7 Å². The summed E-state index contributed by atoms with van der Waals surface area (Å²) in [4.78, 5) is 0. The number of rotatable bonds is 3. The van der Waals surface area contributed by atoms with Gasteiger partial charge in [-0.1, -0.05) is 35.9 Å². The van der Waals surface area contributed by atoms with Crippen LogP contribution in [0, 0.1) is 18.6 Å². The maximum Gasteiger partial charge on any atom is 0.142 e. The Morgan fingerprint density at radius 3 is 2.58 bits per heavy atom. The highest BCUT2D eigenvalue weighted by molar-refractivity contribution is 6.31. The molecule has 0 aliphatic carbocycles. The van der Waals surface area contributed by atoms with Crippen molar-refractivity contribution in [1.82, 2.24) is 0 Å². The van der Waals surface area contributed by atoms with E-state index in [1.807, 2.05) is 0 Å². The molecule has 1 N–H and O–H groups in total. The molecule has 0 bridgehead atoms. The molecule has 4 heteroatoms. The van der Waals surface area contributed by atoms with Crippen molar-refractivity contribution in [2.75, 3.05) is 0 Å². The van der Waals surface area contributed by atoms with Gasteiger partial charge in [0.2, 0.25) is 0 Å². The molecule has 1 unspecified atom stereocenters. The molecule has 1 atom stereocenters. The van der Waals surface area contributed by atoms with E-state index in [-0.39, 0.29) is 17.3 Å². The highest BCUT2D eigenvalue weighted by atomic mass is 35.5. The average Bonchev–Trinajstić information content (AvgIpc) is 2.38. The van der Waals surface area contributed by atoms with E-state index in [1.165, 1.54) is 18.2 Å².